The number of amides is 1. The van der Waals surface area contributed by atoms with Crippen LogP contribution in [0.3, 0.4) is 0 Å². The maximum atomic E-state index is 12.4. The first-order chi connectivity index (χ1) is 11.4. The number of hydrogen-bond donors (Lipinski definition) is 1. The summed E-state index contributed by atoms with van der Waals surface area (Å²) in [7, 11) is -3.00. The van der Waals surface area contributed by atoms with Crippen LogP contribution in [0.5, 0.6) is 0 Å². The summed E-state index contributed by atoms with van der Waals surface area (Å²) in [6.07, 6.45) is 5.29. The normalized spacial score (nSPS) is 32.5. The van der Waals surface area contributed by atoms with Gasteiger partial charge in [-0.1, -0.05) is 18.5 Å². The van der Waals surface area contributed by atoms with E-state index in [1.807, 2.05) is 0 Å². The quantitative estimate of drug-likeness (QED) is 0.782. The number of nitrogens with zero attached hydrogens (tertiary/aromatic N) is 2. The van der Waals surface area contributed by atoms with Crippen molar-refractivity contribution in [2.75, 3.05) is 31.1 Å². The fourth-order valence-electron chi connectivity index (χ4n) is 3.80. The Bertz CT molecular complexity index is 619. The summed E-state index contributed by atoms with van der Waals surface area (Å²) in [5.74, 6) is -0.0975. The lowest BCUT2D eigenvalue weighted by molar-refractivity contribution is -0.115. The molecule has 7 nitrogen and oxygen atoms in total. The highest BCUT2D eigenvalue weighted by Crippen LogP contribution is 2.33. The predicted molar refractivity (Wildman–Crippen MR) is 91.7 cm³/mol. The number of unbranched alkanes of at least 4 members (excludes halogenated alkanes) is 1. The molecule has 3 heterocycles. The van der Waals surface area contributed by atoms with E-state index in [4.69, 9.17) is 4.84 Å². The Morgan fingerprint density at radius 2 is 2.33 bits per heavy atom. The van der Waals surface area contributed by atoms with Gasteiger partial charge in [-0.3, -0.25) is 9.69 Å². The third kappa shape index (κ3) is 4.08. The van der Waals surface area contributed by atoms with Gasteiger partial charge in [-0.15, -0.1) is 0 Å². The van der Waals surface area contributed by atoms with E-state index in [-0.39, 0.29) is 29.1 Å². The van der Waals surface area contributed by atoms with Gasteiger partial charge in [0.15, 0.2) is 15.4 Å². The lowest BCUT2D eigenvalue weighted by atomic mass is 9.88. The summed E-state index contributed by atoms with van der Waals surface area (Å²) in [5.41, 5.74) is 0.0251. The first-order valence-electron chi connectivity index (χ1n) is 8.90. The number of oxime groups is 1. The van der Waals surface area contributed by atoms with Crippen LogP contribution in [0.25, 0.3) is 0 Å². The Morgan fingerprint density at radius 3 is 3.04 bits per heavy atom. The van der Waals surface area contributed by atoms with Crippen molar-refractivity contribution in [3.63, 3.8) is 0 Å². The molecule has 0 saturated carbocycles. The molecule has 8 heteroatoms. The third-order valence-electron chi connectivity index (χ3n) is 5.12. The smallest absolute Gasteiger partial charge is 0.269 e. The maximum Gasteiger partial charge on any atom is 0.269 e. The Balaban J connectivity index is 1.53. The Kier molecular flexibility index (Phi) is 5.15. The van der Waals surface area contributed by atoms with Crippen molar-refractivity contribution in [3.8, 4) is 0 Å². The van der Waals surface area contributed by atoms with Gasteiger partial charge in [0.1, 0.15) is 5.71 Å². The molecule has 0 aromatic rings. The minimum absolute atomic E-state index is 0.0306. The van der Waals surface area contributed by atoms with Crippen LogP contribution in [0.4, 0.5) is 0 Å². The Labute approximate surface area is 143 Å². The number of hydrogen-bond acceptors (Lipinski definition) is 6. The molecule has 0 aromatic carbocycles. The summed E-state index contributed by atoms with van der Waals surface area (Å²) >= 11 is 0. The number of nitrogens with one attached hydrogen (secondary N) is 1. The fourth-order valence-corrected chi connectivity index (χ4v) is 5.48. The third-order valence-corrected chi connectivity index (χ3v) is 6.88. The number of sulfone groups is 1. The summed E-state index contributed by atoms with van der Waals surface area (Å²) < 4.78 is 23.0. The molecule has 24 heavy (non-hydrogen) atoms. The number of piperidine rings is 1. The first kappa shape index (κ1) is 17.7. The van der Waals surface area contributed by atoms with E-state index in [9.17, 15) is 13.2 Å². The molecule has 2 fully saturated rings. The van der Waals surface area contributed by atoms with E-state index in [1.54, 1.807) is 0 Å². The van der Waals surface area contributed by atoms with Gasteiger partial charge in [0.2, 0.25) is 0 Å². The average Bonchev–Trinajstić information content (AvgIpc) is 3.09. The van der Waals surface area contributed by atoms with Gasteiger partial charge in [-0.2, -0.15) is 0 Å². The molecule has 0 aliphatic carbocycles. The summed E-state index contributed by atoms with van der Waals surface area (Å²) in [6, 6.07) is -0.297. The van der Waals surface area contributed by atoms with Crippen molar-refractivity contribution in [2.24, 2.45) is 5.16 Å². The average molecular weight is 357 g/mol. The maximum absolute atomic E-state index is 12.4. The van der Waals surface area contributed by atoms with E-state index in [1.165, 1.54) is 12.8 Å². The second kappa shape index (κ2) is 7.00. The van der Waals surface area contributed by atoms with Gasteiger partial charge in [-0.05, 0) is 38.8 Å². The highest BCUT2D eigenvalue weighted by Gasteiger charge is 2.44. The van der Waals surface area contributed by atoms with Crippen molar-refractivity contribution in [2.45, 2.75) is 57.1 Å². The Hall–Kier alpha value is -1.15. The molecule has 136 valence electrons. The summed E-state index contributed by atoms with van der Waals surface area (Å²) in [6.45, 7) is 5.13. The number of carbonyl (C=O) groups is 1. The zero-order valence-corrected chi connectivity index (χ0v) is 15.1. The summed E-state index contributed by atoms with van der Waals surface area (Å²) in [5, 5.41) is 6.84. The topological polar surface area (TPSA) is 88.1 Å². The SMILES string of the molecule is CCCCN1CCC[C@]2(CC(C(=O)N[C@H]3CCS(=O)(=O)C3)=NO2)C1. The van der Waals surface area contributed by atoms with Crippen molar-refractivity contribution in [3.05, 3.63) is 0 Å². The Morgan fingerprint density at radius 1 is 1.50 bits per heavy atom. The van der Waals surface area contributed by atoms with Gasteiger partial charge >= 0.3 is 0 Å². The van der Waals surface area contributed by atoms with Gasteiger partial charge in [0, 0.05) is 19.0 Å². The minimum atomic E-state index is -3.00. The monoisotopic (exact) mass is 357 g/mol. The molecule has 0 aromatic heterocycles. The molecule has 1 amide bonds. The molecule has 3 aliphatic rings. The minimum Gasteiger partial charge on any atom is -0.387 e. The van der Waals surface area contributed by atoms with E-state index in [2.05, 4.69) is 22.3 Å². The summed E-state index contributed by atoms with van der Waals surface area (Å²) in [4.78, 5) is 20.5. The standard InChI is InChI=1S/C16H27N3O4S/c1-2-3-7-19-8-4-6-16(12-19)10-14(18-23-16)15(20)17-13-5-9-24(21,22)11-13/h13H,2-12H2,1H3,(H,17,20)/t13-,16-/m0/s1. The largest absolute Gasteiger partial charge is 0.387 e. The number of rotatable bonds is 5. The molecular formula is C16H27N3O4S. The van der Waals surface area contributed by atoms with Crippen molar-refractivity contribution < 1.29 is 18.0 Å². The lowest BCUT2D eigenvalue weighted by Crippen LogP contribution is -2.49. The van der Waals surface area contributed by atoms with Crippen LogP contribution >= 0.6 is 0 Å². The van der Waals surface area contributed by atoms with Crippen LogP contribution in [0.2, 0.25) is 0 Å². The van der Waals surface area contributed by atoms with Crippen LogP contribution in [-0.2, 0) is 19.5 Å². The van der Waals surface area contributed by atoms with E-state index >= 15 is 0 Å². The van der Waals surface area contributed by atoms with Crippen LogP contribution < -0.4 is 5.32 Å². The fraction of sp³-hybridized carbons (Fsp3) is 0.875. The van der Waals surface area contributed by atoms with Gasteiger partial charge in [0.05, 0.1) is 11.5 Å². The zero-order valence-electron chi connectivity index (χ0n) is 14.3. The van der Waals surface area contributed by atoms with Gasteiger partial charge in [-0.25, -0.2) is 8.42 Å². The molecule has 0 radical (unpaired) electrons. The van der Waals surface area contributed by atoms with Gasteiger partial charge in [0.25, 0.3) is 5.91 Å². The van der Waals surface area contributed by atoms with E-state index < -0.39 is 9.84 Å². The molecule has 1 spiro atoms. The highest BCUT2D eigenvalue weighted by molar-refractivity contribution is 7.91. The molecule has 2 saturated heterocycles. The van der Waals surface area contributed by atoms with Crippen LogP contribution in [0.1, 0.15) is 45.4 Å². The number of carbonyl (C=O) groups excluding carboxylic acids is 1. The molecule has 0 bridgehead atoms. The molecule has 3 rings (SSSR count). The molecule has 3 aliphatic heterocycles. The van der Waals surface area contributed by atoms with Crippen LogP contribution in [0, 0.1) is 0 Å². The van der Waals surface area contributed by atoms with Crippen molar-refractivity contribution in [1.82, 2.24) is 10.2 Å². The lowest BCUT2D eigenvalue weighted by Gasteiger charge is -2.38. The van der Waals surface area contributed by atoms with Crippen LogP contribution in [0.15, 0.2) is 5.16 Å². The highest BCUT2D eigenvalue weighted by atomic mass is 32.2. The van der Waals surface area contributed by atoms with Crippen LogP contribution in [-0.4, -0.2) is 67.7 Å². The zero-order chi connectivity index (χ0) is 17.2. The second-order valence-corrected chi connectivity index (χ2v) is 9.52. The molecule has 0 unspecified atom stereocenters. The molecule has 2 atom stereocenters. The van der Waals surface area contributed by atoms with E-state index in [0.717, 1.165) is 32.5 Å². The van der Waals surface area contributed by atoms with Gasteiger partial charge < -0.3 is 10.2 Å². The number of likely N-dealkylation sites (tertiary alicyclic amines) is 1. The van der Waals surface area contributed by atoms with Crippen molar-refractivity contribution in [1.29, 1.82) is 0 Å². The predicted octanol–water partition coefficient (Wildman–Crippen LogP) is 0.701. The molecular weight excluding hydrogens is 330 g/mol. The van der Waals surface area contributed by atoms with Crippen molar-refractivity contribution >= 4 is 21.5 Å². The second-order valence-electron chi connectivity index (χ2n) is 7.30. The van der Waals surface area contributed by atoms with E-state index in [0.29, 0.717) is 18.6 Å². The molecule has 1 N–H and O–H groups in total. The first-order valence-corrected chi connectivity index (χ1v) is 10.7.